The number of aliphatic hydroxyl groups is 1. The molecule has 2 unspecified atom stereocenters. The van der Waals surface area contributed by atoms with Gasteiger partial charge >= 0.3 is 6.09 Å². The number of hydrogen-bond acceptors (Lipinski definition) is 5. The lowest BCUT2D eigenvalue weighted by Gasteiger charge is -2.41. The summed E-state index contributed by atoms with van der Waals surface area (Å²) in [6, 6.07) is 7.20. The zero-order valence-electron chi connectivity index (χ0n) is 19.6. The average molecular weight is 475 g/mol. The third-order valence-corrected chi connectivity index (χ3v) is 6.69. The second-order valence-electron chi connectivity index (χ2n) is 9.89. The molecular weight excluding hydrogens is 440 g/mol. The Bertz CT molecular complexity index is 906. The van der Waals surface area contributed by atoms with Crippen molar-refractivity contribution in [1.29, 1.82) is 0 Å². The number of benzene rings is 1. The summed E-state index contributed by atoms with van der Waals surface area (Å²) < 4.78 is 0. The van der Waals surface area contributed by atoms with Crippen molar-refractivity contribution < 1.29 is 29.4 Å². The van der Waals surface area contributed by atoms with Crippen molar-refractivity contribution >= 4 is 23.8 Å². The molecule has 1 aromatic rings. The second-order valence-corrected chi connectivity index (χ2v) is 9.89. The lowest BCUT2D eigenvalue weighted by atomic mass is 9.78. The van der Waals surface area contributed by atoms with E-state index in [2.05, 4.69) is 16.0 Å². The molecule has 2 aliphatic rings. The standard InChI is InChI=1S/C24H34N4O6/c1-24(2)9-11-28(23(33)34)18(13-24)21(31)27-17(12-16-8-10-25-20(16)30)19(29)22(32)26-14-15-6-4-3-5-7-15/h3-7,16-19,29H,8-14H2,1-2H3,(H,25,30)(H,26,32)(H,27,31)(H,33,34)/t16?,17-,18-,19?/m0/s1. The second kappa shape index (κ2) is 10.9. The van der Waals surface area contributed by atoms with E-state index in [-0.39, 0.29) is 30.8 Å². The van der Waals surface area contributed by atoms with Crippen LogP contribution in [0.25, 0.3) is 0 Å². The molecule has 1 aromatic carbocycles. The zero-order valence-corrected chi connectivity index (χ0v) is 19.6. The molecule has 2 heterocycles. The molecule has 2 aliphatic heterocycles. The van der Waals surface area contributed by atoms with E-state index in [9.17, 15) is 29.4 Å². The van der Waals surface area contributed by atoms with Crippen LogP contribution in [-0.2, 0) is 20.9 Å². The maximum atomic E-state index is 13.2. The summed E-state index contributed by atoms with van der Waals surface area (Å²) in [6.45, 7) is 4.85. The number of piperidine rings is 1. The van der Waals surface area contributed by atoms with E-state index in [1.165, 1.54) is 0 Å². The van der Waals surface area contributed by atoms with Gasteiger partial charge in [-0.15, -0.1) is 0 Å². The third-order valence-electron chi connectivity index (χ3n) is 6.69. The van der Waals surface area contributed by atoms with Crippen LogP contribution < -0.4 is 16.0 Å². The van der Waals surface area contributed by atoms with Gasteiger partial charge in [0, 0.05) is 25.6 Å². The number of nitrogens with zero attached hydrogens (tertiary/aromatic N) is 1. The fraction of sp³-hybridized carbons (Fsp3) is 0.583. The first-order valence-corrected chi connectivity index (χ1v) is 11.6. The highest BCUT2D eigenvalue weighted by Crippen LogP contribution is 2.34. The predicted molar refractivity (Wildman–Crippen MR) is 123 cm³/mol. The van der Waals surface area contributed by atoms with Gasteiger partial charge in [0.15, 0.2) is 6.10 Å². The minimum absolute atomic E-state index is 0.0701. The van der Waals surface area contributed by atoms with Crippen LogP contribution in [0.15, 0.2) is 30.3 Å². The van der Waals surface area contributed by atoms with Crippen LogP contribution in [0.5, 0.6) is 0 Å². The topological polar surface area (TPSA) is 148 Å². The molecule has 0 aliphatic carbocycles. The number of carboxylic acid groups (broad SMARTS) is 1. The Morgan fingerprint density at radius 2 is 1.94 bits per heavy atom. The van der Waals surface area contributed by atoms with E-state index >= 15 is 0 Å². The highest BCUT2D eigenvalue weighted by molar-refractivity contribution is 5.88. The summed E-state index contributed by atoms with van der Waals surface area (Å²) in [6.07, 6.45) is -1.25. The molecule has 5 N–H and O–H groups in total. The van der Waals surface area contributed by atoms with Crippen LogP contribution in [0.4, 0.5) is 4.79 Å². The van der Waals surface area contributed by atoms with Gasteiger partial charge < -0.3 is 26.2 Å². The molecule has 0 aromatic heterocycles. The zero-order chi connectivity index (χ0) is 24.9. The summed E-state index contributed by atoms with van der Waals surface area (Å²) in [4.78, 5) is 50.9. The van der Waals surface area contributed by atoms with E-state index < -0.39 is 42.0 Å². The van der Waals surface area contributed by atoms with E-state index in [1.54, 1.807) is 0 Å². The maximum absolute atomic E-state index is 13.2. The third kappa shape index (κ3) is 6.47. The van der Waals surface area contributed by atoms with Gasteiger partial charge in [-0.05, 0) is 36.7 Å². The molecule has 10 heteroatoms. The van der Waals surface area contributed by atoms with Gasteiger partial charge in [-0.3, -0.25) is 19.3 Å². The number of likely N-dealkylation sites (tertiary alicyclic amines) is 1. The summed E-state index contributed by atoms with van der Waals surface area (Å²) >= 11 is 0. The minimum Gasteiger partial charge on any atom is -0.465 e. The van der Waals surface area contributed by atoms with Gasteiger partial charge in [0.25, 0.3) is 5.91 Å². The van der Waals surface area contributed by atoms with Crippen molar-refractivity contribution in [1.82, 2.24) is 20.9 Å². The summed E-state index contributed by atoms with van der Waals surface area (Å²) in [5, 5.41) is 28.5. The van der Waals surface area contributed by atoms with Crippen molar-refractivity contribution in [2.75, 3.05) is 13.1 Å². The van der Waals surface area contributed by atoms with Crippen LogP contribution in [0.2, 0.25) is 0 Å². The van der Waals surface area contributed by atoms with Crippen LogP contribution in [0.1, 0.15) is 45.1 Å². The molecule has 2 fully saturated rings. The molecule has 0 bridgehead atoms. The van der Waals surface area contributed by atoms with Gasteiger partial charge in [-0.1, -0.05) is 44.2 Å². The summed E-state index contributed by atoms with van der Waals surface area (Å²) in [5.74, 6) is -1.90. The Balaban J connectivity index is 1.73. The van der Waals surface area contributed by atoms with Crippen LogP contribution >= 0.6 is 0 Å². The van der Waals surface area contributed by atoms with E-state index in [0.29, 0.717) is 25.8 Å². The van der Waals surface area contributed by atoms with E-state index in [4.69, 9.17) is 0 Å². The van der Waals surface area contributed by atoms with Crippen LogP contribution in [0, 0.1) is 11.3 Å². The summed E-state index contributed by atoms with van der Waals surface area (Å²) in [7, 11) is 0. The molecule has 4 atom stereocenters. The molecule has 4 amide bonds. The highest BCUT2D eigenvalue weighted by atomic mass is 16.4. The van der Waals surface area contributed by atoms with Gasteiger partial charge in [0.1, 0.15) is 6.04 Å². The number of rotatable bonds is 8. The number of nitrogens with one attached hydrogen (secondary N) is 3. The number of aliphatic hydroxyl groups excluding tert-OH is 1. The van der Waals surface area contributed by atoms with Gasteiger partial charge in [0.2, 0.25) is 11.8 Å². The molecule has 10 nitrogen and oxygen atoms in total. The Kier molecular flexibility index (Phi) is 8.14. The predicted octanol–water partition coefficient (Wildman–Crippen LogP) is 0.843. The van der Waals surface area contributed by atoms with Crippen molar-refractivity contribution in [2.24, 2.45) is 11.3 Å². The van der Waals surface area contributed by atoms with Crippen molar-refractivity contribution in [2.45, 2.75) is 64.3 Å². The van der Waals surface area contributed by atoms with E-state index in [0.717, 1.165) is 10.5 Å². The van der Waals surface area contributed by atoms with E-state index in [1.807, 2.05) is 44.2 Å². The van der Waals surface area contributed by atoms with Crippen LogP contribution in [-0.4, -0.2) is 70.2 Å². The van der Waals surface area contributed by atoms with Gasteiger partial charge in [-0.2, -0.15) is 0 Å². The largest absolute Gasteiger partial charge is 0.465 e. The average Bonchev–Trinajstić information content (AvgIpc) is 3.20. The maximum Gasteiger partial charge on any atom is 0.407 e. The van der Waals surface area contributed by atoms with Gasteiger partial charge in [-0.25, -0.2) is 4.79 Å². The number of carbonyl (C=O) groups excluding carboxylic acids is 3. The quantitative estimate of drug-likeness (QED) is 0.377. The number of hydrogen-bond donors (Lipinski definition) is 5. The SMILES string of the molecule is CC1(C)CCN(C(=O)O)[C@H](C(=O)N[C@@H](CC2CCNC2=O)C(O)C(=O)NCc2ccccc2)C1. The minimum atomic E-state index is -1.60. The molecule has 3 rings (SSSR count). The smallest absolute Gasteiger partial charge is 0.407 e. The van der Waals surface area contributed by atoms with Crippen LogP contribution in [0.3, 0.4) is 0 Å². The van der Waals surface area contributed by atoms with Crippen molar-refractivity contribution in [3.63, 3.8) is 0 Å². The Morgan fingerprint density at radius 3 is 2.56 bits per heavy atom. The highest BCUT2D eigenvalue weighted by Gasteiger charge is 2.42. The number of carbonyl (C=O) groups is 4. The first-order chi connectivity index (χ1) is 16.1. The Labute approximate surface area is 199 Å². The molecule has 0 radical (unpaired) electrons. The van der Waals surface area contributed by atoms with Gasteiger partial charge in [0.05, 0.1) is 6.04 Å². The molecule has 2 saturated heterocycles. The fourth-order valence-electron chi connectivity index (χ4n) is 4.57. The molecule has 0 spiro atoms. The molecule has 0 saturated carbocycles. The first-order valence-electron chi connectivity index (χ1n) is 11.6. The lowest BCUT2D eigenvalue weighted by Crippen LogP contribution is -2.59. The fourth-order valence-corrected chi connectivity index (χ4v) is 4.57. The summed E-state index contributed by atoms with van der Waals surface area (Å²) in [5.41, 5.74) is 0.612. The van der Waals surface area contributed by atoms with Crippen molar-refractivity contribution in [3.05, 3.63) is 35.9 Å². The Hall–Kier alpha value is -3.14. The Morgan fingerprint density at radius 1 is 1.24 bits per heavy atom. The lowest BCUT2D eigenvalue weighted by molar-refractivity contribution is -0.136. The molecular formula is C24H34N4O6. The normalized spacial score (nSPS) is 23.5. The first kappa shape index (κ1) is 25.5. The monoisotopic (exact) mass is 474 g/mol. The molecule has 34 heavy (non-hydrogen) atoms. The molecule has 186 valence electrons. The van der Waals surface area contributed by atoms with Crippen molar-refractivity contribution in [3.8, 4) is 0 Å². The number of amides is 4.